The molecule has 0 amide bonds. The molecule has 1 aliphatic rings. The fourth-order valence-electron chi connectivity index (χ4n) is 2.74. The van der Waals surface area contributed by atoms with Gasteiger partial charge in [-0.3, -0.25) is 0 Å². The average molecular weight is 301 g/mol. The fraction of sp³-hybridized carbons (Fsp3) is 0.444. The zero-order valence-corrected chi connectivity index (χ0v) is 13.4. The molecule has 0 spiro atoms. The van der Waals surface area contributed by atoms with E-state index in [9.17, 15) is 4.79 Å². The van der Waals surface area contributed by atoms with Crippen molar-refractivity contribution in [1.29, 1.82) is 0 Å². The number of carbonyl (C=O) groups is 1. The SMILES string of the molecule is CC1=C/C(=N/OCC(=O)O)C[C@@H](c2ccc(C(C)C)cc2)C1. The van der Waals surface area contributed by atoms with Crippen LogP contribution in [0.25, 0.3) is 0 Å². The van der Waals surface area contributed by atoms with Gasteiger partial charge in [0.1, 0.15) is 0 Å². The lowest BCUT2D eigenvalue weighted by Gasteiger charge is -2.23. The molecule has 0 aliphatic heterocycles. The highest BCUT2D eigenvalue weighted by Gasteiger charge is 2.20. The quantitative estimate of drug-likeness (QED) is 0.833. The molecule has 0 saturated carbocycles. The lowest BCUT2D eigenvalue weighted by atomic mass is 9.83. The van der Waals surface area contributed by atoms with E-state index in [1.165, 1.54) is 16.7 Å². The van der Waals surface area contributed by atoms with E-state index < -0.39 is 12.6 Å². The van der Waals surface area contributed by atoms with Crippen LogP contribution in [0, 0.1) is 0 Å². The van der Waals surface area contributed by atoms with E-state index in [0.29, 0.717) is 11.8 Å². The minimum atomic E-state index is -1.01. The number of benzene rings is 1. The van der Waals surface area contributed by atoms with Gasteiger partial charge in [0.15, 0.2) is 0 Å². The van der Waals surface area contributed by atoms with Crippen LogP contribution < -0.4 is 0 Å². The first-order chi connectivity index (χ1) is 10.5. The maximum absolute atomic E-state index is 10.5. The molecule has 1 N–H and O–H groups in total. The predicted octanol–water partition coefficient (Wildman–Crippen LogP) is 4.09. The van der Waals surface area contributed by atoms with E-state index in [-0.39, 0.29) is 0 Å². The third-order valence-corrected chi connectivity index (χ3v) is 3.88. The third-order valence-electron chi connectivity index (χ3n) is 3.88. The second-order valence-corrected chi connectivity index (χ2v) is 6.17. The lowest BCUT2D eigenvalue weighted by Crippen LogP contribution is -2.13. The lowest BCUT2D eigenvalue weighted by molar-refractivity contribution is -0.142. The van der Waals surface area contributed by atoms with Crippen molar-refractivity contribution in [3.8, 4) is 0 Å². The molecule has 4 heteroatoms. The molecule has 22 heavy (non-hydrogen) atoms. The molecule has 0 fully saturated rings. The minimum Gasteiger partial charge on any atom is -0.479 e. The third kappa shape index (κ3) is 4.45. The van der Waals surface area contributed by atoms with Gasteiger partial charge in [-0.1, -0.05) is 48.8 Å². The summed E-state index contributed by atoms with van der Waals surface area (Å²) >= 11 is 0. The summed E-state index contributed by atoms with van der Waals surface area (Å²) < 4.78 is 0. The van der Waals surface area contributed by atoms with Crippen molar-refractivity contribution in [2.45, 2.75) is 45.4 Å². The van der Waals surface area contributed by atoms with Crippen molar-refractivity contribution in [3.05, 3.63) is 47.0 Å². The number of carboxylic acids is 1. The molecule has 0 heterocycles. The van der Waals surface area contributed by atoms with Crippen LogP contribution in [0.1, 0.15) is 56.6 Å². The molecular weight excluding hydrogens is 278 g/mol. The van der Waals surface area contributed by atoms with Crippen LogP contribution in [0.4, 0.5) is 0 Å². The number of hydrogen-bond donors (Lipinski definition) is 1. The Balaban J connectivity index is 2.09. The Kier molecular flexibility index (Phi) is 5.36. The standard InChI is InChI=1S/C18H23NO3/c1-12(2)14-4-6-15(7-5-14)16-8-13(3)9-17(10-16)19-22-11-18(20)21/h4-7,9,12,16H,8,10-11H2,1-3H3,(H,20,21)/b19-17-/t16-/m0/s1. The van der Waals surface area contributed by atoms with Gasteiger partial charge in [0, 0.05) is 6.42 Å². The van der Waals surface area contributed by atoms with E-state index in [1.807, 2.05) is 6.08 Å². The van der Waals surface area contributed by atoms with Crippen molar-refractivity contribution in [2.75, 3.05) is 6.61 Å². The summed E-state index contributed by atoms with van der Waals surface area (Å²) in [5.74, 6) is -0.108. The van der Waals surface area contributed by atoms with Crippen molar-refractivity contribution in [2.24, 2.45) is 5.16 Å². The second kappa shape index (κ2) is 7.25. The zero-order valence-electron chi connectivity index (χ0n) is 13.4. The monoisotopic (exact) mass is 301 g/mol. The number of nitrogens with zero attached hydrogens (tertiary/aromatic N) is 1. The highest BCUT2D eigenvalue weighted by Crippen LogP contribution is 2.32. The first-order valence-corrected chi connectivity index (χ1v) is 7.63. The second-order valence-electron chi connectivity index (χ2n) is 6.17. The number of hydrogen-bond acceptors (Lipinski definition) is 3. The van der Waals surface area contributed by atoms with E-state index in [4.69, 9.17) is 9.94 Å². The Labute approximate surface area is 131 Å². The molecule has 4 nitrogen and oxygen atoms in total. The molecule has 1 aromatic carbocycles. The van der Waals surface area contributed by atoms with Crippen LogP contribution in [-0.4, -0.2) is 23.4 Å². The van der Waals surface area contributed by atoms with E-state index >= 15 is 0 Å². The molecule has 0 saturated heterocycles. The average Bonchev–Trinajstić information content (AvgIpc) is 2.46. The molecule has 0 bridgehead atoms. The molecule has 1 aromatic rings. The summed E-state index contributed by atoms with van der Waals surface area (Å²) in [6, 6.07) is 8.75. The maximum Gasteiger partial charge on any atom is 0.344 e. The van der Waals surface area contributed by atoms with Crippen molar-refractivity contribution in [3.63, 3.8) is 0 Å². The van der Waals surface area contributed by atoms with Gasteiger partial charge in [0.05, 0.1) is 5.71 Å². The molecule has 0 unspecified atom stereocenters. The first-order valence-electron chi connectivity index (χ1n) is 7.63. The Morgan fingerprint density at radius 3 is 2.59 bits per heavy atom. The van der Waals surface area contributed by atoms with Gasteiger partial charge in [0.2, 0.25) is 6.61 Å². The van der Waals surface area contributed by atoms with Gasteiger partial charge in [-0.2, -0.15) is 0 Å². The largest absolute Gasteiger partial charge is 0.479 e. The topological polar surface area (TPSA) is 58.9 Å². The van der Waals surface area contributed by atoms with Crippen molar-refractivity contribution in [1.82, 2.24) is 0 Å². The minimum absolute atomic E-state index is 0.374. The zero-order chi connectivity index (χ0) is 16.1. The van der Waals surface area contributed by atoms with Crippen LogP contribution in [0.5, 0.6) is 0 Å². The molecule has 0 aromatic heterocycles. The Morgan fingerprint density at radius 1 is 1.32 bits per heavy atom. The fourth-order valence-corrected chi connectivity index (χ4v) is 2.74. The van der Waals surface area contributed by atoms with Crippen LogP contribution >= 0.6 is 0 Å². The highest BCUT2D eigenvalue weighted by atomic mass is 16.6. The first kappa shape index (κ1) is 16.3. The highest BCUT2D eigenvalue weighted by molar-refractivity contribution is 5.96. The summed E-state index contributed by atoms with van der Waals surface area (Å²) in [6.07, 6.45) is 3.76. The van der Waals surface area contributed by atoms with E-state index in [1.54, 1.807) is 0 Å². The van der Waals surface area contributed by atoms with Gasteiger partial charge in [-0.05, 0) is 42.4 Å². The van der Waals surface area contributed by atoms with Crippen LogP contribution in [0.15, 0.2) is 41.1 Å². The summed E-state index contributed by atoms with van der Waals surface area (Å²) in [5, 5.41) is 12.5. The Bertz CT molecular complexity index is 585. The molecule has 1 aliphatic carbocycles. The van der Waals surface area contributed by atoms with Crippen LogP contribution in [-0.2, 0) is 9.63 Å². The van der Waals surface area contributed by atoms with Gasteiger partial charge in [-0.15, -0.1) is 0 Å². The van der Waals surface area contributed by atoms with Gasteiger partial charge < -0.3 is 9.94 Å². The van der Waals surface area contributed by atoms with Crippen LogP contribution in [0.3, 0.4) is 0 Å². The number of carboxylic acid groups (broad SMARTS) is 1. The Morgan fingerprint density at radius 2 is 2.00 bits per heavy atom. The number of allylic oxidation sites excluding steroid dienone is 2. The van der Waals surface area contributed by atoms with Gasteiger partial charge in [-0.25, -0.2) is 4.79 Å². The number of rotatable bonds is 5. The van der Waals surface area contributed by atoms with Crippen molar-refractivity contribution >= 4 is 11.7 Å². The number of aliphatic carboxylic acids is 1. The molecule has 118 valence electrons. The summed E-state index contributed by atoms with van der Waals surface area (Å²) in [4.78, 5) is 15.3. The van der Waals surface area contributed by atoms with Crippen molar-refractivity contribution < 1.29 is 14.7 Å². The molecule has 1 atom stereocenters. The molecule has 0 radical (unpaired) electrons. The normalized spacial score (nSPS) is 20.1. The molecular formula is C18H23NO3. The van der Waals surface area contributed by atoms with E-state index in [0.717, 1.165) is 18.6 Å². The molecule has 2 rings (SSSR count). The van der Waals surface area contributed by atoms with Gasteiger partial charge in [0.25, 0.3) is 0 Å². The smallest absolute Gasteiger partial charge is 0.344 e. The maximum atomic E-state index is 10.5. The van der Waals surface area contributed by atoms with Crippen LogP contribution in [0.2, 0.25) is 0 Å². The summed E-state index contributed by atoms with van der Waals surface area (Å²) in [5.41, 5.74) is 4.68. The Hall–Kier alpha value is -2.10. The van der Waals surface area contributed by atoms with E-state index in [2.05, 4.69) is 50.2 Å². The van der Waals surface area contributed by atoms with Gasteiger partial charge >= 0.3 is 5.97 Å². The predicted molar refractivity (Wildman–Crippen MR) is 87.3 cm³/mol. The summed E-state index contributed by atoms with van der Waals surface area (Å²) in [7, 11) is 0. The summed E-state index contributed by atoms with van der Waals surface area (Å²) in [6.45, 7) is 6.05. The number of oxime groups is 1.